The molecule has 0 aromatic carbocycles. The van der Waals surface area contributed by atoms with Crippen molar-refractivity contribution >= 4 is 11.8 Å². The number of carbonyl (C=O) groups excluding carboxylic acids is 2. The Hall–Kier alpha value is -0.860. The second-order valence-electron chi connectivity index (χ2n) is 4.65. The maximum Gasteiger partial charge on any atom is 0.305 e. The molecule has 1 unspecified atom stereocenters. The maximum atomic E-state index is 11.7. The van der Waals surface area contributed by atoms with E-state index in [1.165, 1.54) is 20.0 Å². The van der Waals surface area contributed by atoms with Crippen LogP contribution in [0.5, 0.6) is 0 Å². The van der Waals surface area contributed by atoms with Gasteiger partial charge in [-0.1, -0.05) is 26.2 Å². The van der Waals surface area contributed by atoms with Crippen molar-refractivity contribution in [3.63, 3.8) is 0 Å². The quantitative estimate of drug-likeness (QED) is 0.516. The molecule has 0 amide bonds. The number of Topliss-reactive ketones (excluding diaryl/α,β-unsaturated/α-hetero) is 1. The van der Waals surface area contributed by atoms with Crippen molar-refractivity contribution < 1.29 is 14.3 Å². The van der Waals surface area contributed by atoms with Gasteiger partial charge < -0.3 is 4.74 Å². The van der Waals surface area contributed by atoms with Gasteiger partial charge in [0.1, 0.15) is 5.78 Å². The minimum absolute atomic E-state index is 0.116. The van der Waals surface area contributed by atoms with Gasteiger partial charge in [-0.3, -0.25) is 9.59 Å². The van der Waals surface area contributed by atoms with E-state index in [2.05, 4.69) is 11.7 Å². The van der Waals surface area contributed by atoms with Gasteiger partial charge in [-0.25, -0.2) is 0 Å². The second-order valence-corrected chi connectivity index (χ2v) is 4.65. The number of ether oxygens (including phenoxy) is 1. The SMILES string of the molecule is CCCCC[C@H]1C(=O)CCC1CC(=O)OC. The highest BCUT2D eigenvalue weighted by Gasteiger charge is 2.35. The molecule has 0 N–H and O–H groups in total. The van der Waals surface area contributed by atoms with Crippen LogP contribution in [0.15, 0.2) is 0 Å². The summed E-state index contributed by atoms with van der Waals surface area (Å²) in [5, 5.41) is 0. The van der Waals surface area contributed by atoms with Crippen LogP contribution in [0.1, 0.15) is 51.9 Å². The van der Waals surface area contributed by atoms with E-state index in [0.29, 0.717) is 18.6 Å². The summed E-state index contributed by atoms with van der Waals surface area (Å²) in [6.07, 6.45) is 6.33. The van der Waals surface area contributed by atoms with Gasteiger partial charge in [0.25, 0.3) is 0 Å². The van der Waals surface area contributed by atoms with Crippen LogP contribution in [0.4, 0.5) is 0 Å². The predicted molar refractivity (Wildman–Crippen MR) is 62.0 cm³/mol. The molecule has 0 aromatic heterocycles. The molecule has 0 bridgehead atoms. The number of carbonyl (C=O) groups is 2. The molecule has 92 valence electrons. The van der Waals surface area contributed by atoms with E-state index < -0.39 is 0 Å². The lowest BCUT2D eigenvalue weighted by molar-refractivity contribution is -0.142. The Labute approximate surface area is 97.5 Å². The van der Waals surface area contributed by atoms with E-state index in [1.807, 2.05) is 0 Å². The summed E-state index contributed by atoms with van der Waals surface area (Å²) in [4.78, 5) is 22.9. The van der Waals surface area contributed by atoms with E-state index in [0.717, 1.165) is 19.3 Å². The monoisotopic (exact) mass is 226 g/mol. The molecule has 0 saturated heterocycles. The number of ketones is 1. The molecule has 0 heterocycles. The normalized spacial score (nSPS) is 24.8. The smallest absolute Gasteiger partial charge is 0.305 e. The third-order valence-corrected chi connectivity index (χ3v) is 3.52. The molecule has 1 aliphatic rings. The standard InChI is InChI=1S/C13H22O3/c1-3-4-5-6-11-10(7-8-12(11)14)9-13(15)16-2/h10-11H,3-9H2,1-2H3/t10?,11-/m1/s1. The summed E-state index contributed by atoms with van der Waals surface area (Å²) in [6, 6.07) is 0. The van der Waals surface area contributed by atoms with Crippen molar-refractivity contribution in [2.75, 3.05) is 7.11 Å². The molecule has 1 saturated carbocycles. The molecular formula is C13H22O3. The van der Waals surface area contributed by atoms with Gasteiger partial charge in [-0.15, -0.1) is 0 Å². The molecule has 3 heteroatoms. The van der Waals surface area contributed by atoms with Crippen molar-refractivity contribution in [1.82, 2.24) is 0 Å². The van der Waals surface area contributed by atoms with Crippen molar-refractivity contribution in [3.05, 3.63) is 0 Å². The largest absolute Gasteiger partial charge is 0.469 e. The van der Waals surface area contributed by atoms with Crippen LogP contribution in [-0.2, 0) is 14.3 Å². The van der Waals surface area contributed by atoms with E-state index >= 15 is 0 Å². The predicted octanol–water partition coefficient (Wildman–Crippen LogP) is 2.73. The zero-order valence-electron chi connectivity index (χ0n) is 10.3. The second kappa shape index (κ2) is 6.66. The van der Waals surface area contributed by atoms with Gasteiger partial charge in [0.05, 0.1) is 7.11 Å². The molecular weight excluding hydrogens is 204 g/mol. The Morgan fingerprint density at radius 3 is 2.81 bits per heavy atom. The Morgan fingerprint density at radius 1 is 1.44 bits per heavy atom. The average molecular weight is 226 g/mol. The number of methoxy groups -OCH3 is 1. The van der Waals surface area contributed by atoms with Gasteiger partial charge in [0, 0.05) is 18.8 Å². The first-order valence-electron chi connectivity index (χ1n) is 6.28. The summed E-state index contributed by atoms with van der Waals surface area (Å²) < 4.78 is 4.67. The molecule has 2 atom stereocenters. The Kier molecular flexibility index (Phi) is 5.50. The van der Waals surface area contributed by atoms with Gasteiger partial charge in [-0.2, -0.15) is 0 Å². The Bertz CT molecular complexity index is 248. The molecule has 0 radical (unpaired) electrons. The van der Waals surface area contributed by atoms with Crippen molar-refractivity contribution in [1.29, 1.82) is 0 Å². The van der Waals surface area contributed by atoms with E-state index in [4.69, 9.17) is 0 Å². The highest BCUT2D eigenvalue weighted by atomic mass is 16.5. The van der Waals surface area contributed by atoms with E-state index in [9.17, 15) is 9.59 Å². The summed E-state index contributed by atoms with van der Waals surface area (Å²) in [7, 11) is 1.41. The lowest BCUT2D eigenvalue weighted by atomic mass is 9.88. The van der Waals surface area contributed by atoms with Crippen LogP contribution in [0.25, 0.3) is 0 Å². The number of hydrogen-bond donors (Lipinski definition) is 0. The van der Waals surface area contributed by atoms with E-state index in [-0.39, 0.29) is 17.8 Å². The van der Waals surface area contributed by atoms with Crippen LogP contribution in [0.2, 0.25) is 0 Å². The molecule has 1 fully saturated rings. The molecule has 0 spiro atoms. The maximum absolute atomic E-state index is 11.7. The third kappa shape index (κ3) is 3.62. The van der Waals surface area contributed by atoms with Crippen molar-refractivity contribution in [2.45, 2.75) is 51.9 Å². The van der Waals surface area contributed by atoms with Gasteiger partial charge >= 0.3 is 5.97 Å². The van der Waals surface area contributed by atoms with Gasteiger partial charge in [0.15, 0.2) is 0 Å². The highest BCUT2D eigenvalue weighted by molar-refractivity contribution is 5.84. The van der Waals surface area contributed by atoms with Gasteiger partial charge in [0.2, 0.25) is 0 Å². The third-order valence-electron chi connectivity index (χ3n) is 3.52. The Balaban J connectivity index is 2.42. The lowest BCUT2D eigenvalue weighted by Gasteiger charge is -2.16. The topological polar surface area (TPSA) is 43.4 Å². The summed E-state index contributed by atoms with van der Waals surface area (Å²) in [5.74, 6) is 0.521. The summed E-state index contributed by atoms with van der Waals surface area (Å²) in [5.41, 5.74) is 0. The molecule has 16 heavy (non-hydrogen) atoms. The van der Waals surface area contributed by atoms with Crippen LogP contribution < -0.4 is 0 Å². The van der Waals surface area contributed by atoms with Crippen LogP contribution >= 0.6 is 0 Å². The molecule has 1 aliphatic carbocycles. The molecule has 0 aliphatic heterocycles. The molecule has 1 rings (SSSR count). The fourth-order valence-electron chi connectivity index (χ4n) is 2.53. The number of unbranched alkanes of at least 4 members (excludes halogenated alkanes) is 2. The molecule has 3 nitrogen and oxygen atoms in total. The van der Waals surface area contributed by atoms with Crippen molar-refractivity contribution in [2.24, 2.45) is 11.8 Å². The molecule has 0 aromatic rings. The zero-order chi connectivity index (χ0) is 12.0. The fraction of sp³-hybridized carbons (Fsp3) is 0.846. The minimum atomic E-state index is -0.180. The first kappa shape index (κ1) is 13.2. The Morgan fingerprint density at radius 2 is 2.19 bits per heavy atom. The first-order valence-corrected chi connectivity index (χ1v) is 6.28. The highest BCUT2D eigenvalue weighted by Crippen LogP contribution is 2.35. The summed E-state index contributed by atoms with van der Waals surface area (Å²) >= 11 is 0. The van der Waals surface area contributed by atoms with Gasteiger partial charge in [-0.05, 0) is 18.8 Å². The number of esters is 1. The fourth-order valence-corrected chi connectivity index (χ4v) is 2.53. The van der Waals surface area contributed by atoms with Crippen LogP contribution in [-0.4, -0.2) is 18.9 Å². The van der Waals surface area contributed by atoms with Crippen LogP contribution in [0, 0.1) is 11.8 Å². The van der Waals surface area contributed by atoms with Crippen LogP contribution in [0.3, 0.4) is 0 Å². The number of rotatable bonds is 6. The average Bonchev–Trinajstić information content (AvgIpc) is 2.61. The first-order chi connectivity index (χ1) is 7.69. The lowest BCUT2D eigenvalue weighted by Crippen LogP contribution is -2.18. The van der Waals surface area contributed by atoms with Crippen molar-refractivity contribution in [3.8, 4) is 0 Å². The zero-order valence-corrected chi connectivity index (χ0v) is 10.3. The number of hydrogen-bond acceptors (Lipinski definition) is 3. The summed E-state index contributed by atoms with van der Waals surface area (Å²) in [6.45, 7) is 2.16. The minimum Gasteiger partial charge on any atom is -0.469 e. The van der Waals surface area contributed by atoms with E-state index in [1.54, 1.807) is 0 Å².